The van der Waals surface area contributed by atoms with Crippen molar-refractivity contribution in [3.8, 4) is 0 Å². The van der Waals surface area contributed by atoms with E-state index in [1.165, 1.54) is 12.1 Å². The predicted molar refractivity (Wildman–Crippen MR) is 85.8 cm³/mol. The van der Waals surface area contributed by atoms with Crippen LogP contribution in [0.1, 0.15) is 45.1 Å². The van der Waals surface area contributed by atoms with Gasteiger partial charge in [0.25, 0.3) is 0 Å². The Morgan fingerprint density at radius 1 is 1.29 bits per heavy atom. The van der Waals surface area contributed by atoms with E-state index in [-0.39, 0.29) is 22.7 Å². The molecule has 0 saturated carbocycles. The quantitative estimate of drug-likeness (QED) is 0.712. The highest BCUT2D eigenvalue weighted by Gasteiger charge is 2.20. The van der Waals surface area contributed by atoms with Gasteiger partial charge in [-0.3, -0.25) is 0 Å². The molecule has 1 N–H and O–H groups in total. The third-order valence-electron chi connectivity index (χ3n) is 3.61. The van der Waals surface area contributed by atoms with Gasteiger partial charge < -0.3 is 5.32 Å². The van der Waals surface area contributed by atoms with Crippen molar-refractivity contribution in [1.29, 1.82) is 0 Å². The van der Waals surface area contributed by atoms with Crippen LogP contribution in [0.3, 0.4) is 0 Å². The Kier molecular flexibility index (Phi) is 7.32. The molecule has 3 nitrogen and oxygen atoms in total. The van der Waals surface area contributed by atoms with E-state index in [1.807, 2.05) is 6.07 Å². The molecule has 0 fully saturated rings. The molecule has 0 aliphatic rings. The summed E-state index contributed by atoms with van der Waals surface area (Å²) in [6, 6.07) is 6.45. The van der Waals surface area contributed by atoms with E-state index in [0.29, 0.717) is 13.0 Å². The lowest BCUT2D eigenvalue weighted by molar-refractivity contribution is 0.547. The highest BCUT2D eigenvalue weighted by Crippen LogP contribution is 2.21. The monoisotopic (exact) mass is 315 g/mol. The molecule has 0 spiro atoms. The average Bonchev–Trinajstić information content (AvgIpc) is 2.42. The van der Waals surface area contributed by atoms with Crippen LogP contribution in [0, 0.1) is 5.82 Å². The first kappa shape index (κ1) is 18.1. The van der Waals surface area contributed by atoms with E-state index < -0.39 is 9.84 Å². The van der Waals surface area contributed by atoms with Crippen LogP contribution in [0.2, 0.25) is 0 Å². The van der Waals surface area contributed by atoms with Crippen molar-refractivity contribution in [3.05, 3.63) is 35.6 Å². The predicted octanol–water partition coefficient (Wildman–Crippen LogP) is 3.12. The van der Waals surface area contributed by atoms with E-state index in [1.54, 1.807) is 19.9 Å². The summed E-state index contributed by atoms with van der Waals surface area (Å²) in [6.45, 7) is 7.02. The molecule has 0 amide bonds. The van der Waals surface area contributed by atoms with Crippen molar-refractivity contribution in [2.24, 2.45) is 0 Å². The lowest BCUT2D eigenvalue weighted by Crippen LogP contribution is -2.26. The Morgan fingerprint density at radius 3 is 2.57 bits per heavy atom. The molecule has 120 valence electrons. The lowest BCUT2D eigenvalue weighted by Gasteiger charge is -2.19. The molecule has 0 aliphatic heterocycles. The minimum Gasteiger partial charge on any atom is -0.316 e. The van der Waals surface area contributed by atoms with Crippen LogP contribution in [-0.4, -0.2) is 32.5 Å². The van der Waals surface area contributed by atoms with E-state index in [9.17, 15) is 12.8 Å². The summed E-state index contributed by atoms with van der Waals surface area (Å²) in [5.74, 6) is -0.125. The van der Waals surface area contributed by atoms with Crippen LogP contribution in [-0.2, 0) is 9.84 Å². The highest BCUT2D eigenvalue weighted by atomic mass is 32.2. The second kappa shape index (κ2) is 8.49. The van der Waals surface area contributed by atoms with Crippen LogP contribution in [0.15, 0.2) is 24.3 Å². The minimum absolute atomic E-state index is 0.0146. The molecule has 0 saturated heterocycles. The molecular formula is C16H26FNO2S. The molecule has 1 aromatic carbocycles. The van der Waals surface area contributed by atoms with Gasteiger partial charge in [-0.05, 0) is 56.8 Å². The summed E-state index contributed by atoms with van der Waals surface area (Å²) in [5.41, 5.74) is 0.859. The van der Waals surface area contributed by atoms with Crippen molar-refractivity contribution in [2.45, 2.75) is 44.8 Å². The van der Waals surface area contributed by atoms with Gasteiger partial charge in [-0.25, -0.2) is 12.8 Å². The van der Waals surface area contributed by atoms with Gasteiger partial charge in [-0.2, -0.15) is 0 Å². The second-order valence-corrected chi connectivity index (χ2v) is 8.34. The number of nitrogens with one attached hydrogen (secondary N) is 1. The third-order valence-corrected chi connectivity index (χ3v) is 5.85. The maximum atomic E-state index is 13.4. The number of sulfone groups is 1. The standard InChI is InChI=1S/C16H26FNO2S/c1-4-9-18-12-15(8-10-21(19,20)13(2)3)14-6-5-7-16(17)11-14/h5-7,11,13,15,18H,4,8-10,12H2,1-3H3. The molecule has 5 heteroatoms. The molecule has 1 aromatic rings. The van der Waals surface area contributed by atoms with Crippen LogP contribution < -0.4 is 5.32 Å². The molecule has 0 heterocycles. The Balaban J connectivity index is 2.78. The van der Waals surface area contributed by atoms with Crippen molar-refractivity contribution in [2.75, 3.05) is 18.8 Å². The first-order valence-corrected chi connectivity index (χ1v) is 9.26. The second-order valence-electron chi connectivity index (χ2n) is 5.66. The number of rotatable bonds is 9. The Morgan fingerprint density at radius 2 is 2.00 bits per heavy atom. The first-order chi connectivity index (χ1) is 9.86. The molecule has 0 bridgehead atoms. The maximum Gasteiger partial charge on any atom is 0.152 e. The Labute approximate surface area is 127 Å². The number of hydrogen-bond acceptors (Lipinski definition) is 3. The van der Waals surface area contributed by atoms with Gasteiger partial charge in [0.1, 0.15) is 5.82 Å². The van der Waals surface area contributed by atoms with Gasteiger partial charge in [0.2, 0.25) is 0 Å². The van der Waals surface area contributed by atoms with Crippen molar-refractivity contribution in [1.82, 2.24) is 5.32 Å². The van der Waals surface area contributed by atoms with E-state index >= 15 is 0 Å². The average molecular weight is 315 g/mol. The summed E-state index contributed by atoms with van der Waals surface area (Å²) in [5, 5.41) is 2.93. The fourth-order valence-electron chi connectivity index (χ4n) is 2.14. The molecular weight excluding hydrogens is 289 g/mol. The van der Waals surface area contributed by atoms with Gasteiger partial charge in [-0.15, -0.1) is 0 Å². The normalized spacial score (nSPS) is 13.6. The summed E-state index contributed by atoms with van der Waals surface area (Å²) >= 11 is 0. The number of halogens is 1. The summed E-state index contributed by atoms with van der Waals surface area (Å²) in [6.07, 6.45) is 1.53. The van der Waals surface area contributed by atoms with Crippen LogP contribution in [0.25, 0.3) is 0 Å². The first-order valence-electron chi connectivity index (χ1n) is 7.54. The van der Waals surface area contributed by atoms with Crippen molar-refractivity contribution in [3.63, 3.8) is 0 Å². The maximum absolute atomic E-state index is 13.4. The van der Waals surface area contributed by atoms with Gasteiger partial charge in [0, 0.05) is 6.54 Å². The Hall–Kier alpha value is -0.940. The molecule has 1 rings (SSSR count). The zero-order valence-corrected chi connectivity index (χ0v) is 13.9. The van der Waals surface area contributed by atoms with Crippen LogP contribution in [0.5, 0.6) is 0 Å². The number of benzene rings is 1. The van der Waals surface area contributed by atoms with Gasteiger partial charge in [0.15, 0.2) is 9.84 Å². The topological polar surface area (TPSA) is 46.2 Å². The molecule has 0 aliphatic carbocycles. The smallest absolute Gasteiger partial charge is 0.152 e. The highest BCUT2D eigenvalue weighted by molar-refractivity contribution is 7.91. The molecule has 1 atom stereocenters. The zero-order chi connectivity index (χ0) is 15.9. The minimum atomic E-state index is -3.06. The fraction of sp³-hybridized carbons (Fsp3) is 0.625. The van der Waals surface area contributed by atoms with E-state index in [4.69, 9.17) is 0 Å². The van der Waals surface area contributed by atoms with Gasteiger partial charge in [0.05, 0.1) is 11.0 Å². The lowest BCUT2D eigenvalue weighted by atomic mass is 9.96. The summed E-state index contributed by atoms with van der Waals surface area (Å²) in [4.78, 5) is 0. The summed E-state index contributed by atoms with van der Waals surface area (Å²) in [7, 11) is -3.06. The summed E-state index contributed by atoms with van der Waals surface area (Å²) < 4.78 is 37.3. The van der Waals surface area contributed by atoms with Crippen LogP contribution in [0.4, 0.5) is 4.39 Å². The van der Waals surface area contributed by atoms with Crippen molar-refractivity contribution < 1.29 is 12.8 Å². The Bertz CT molecular complexity index is 529. The molecule has 0 aromatic heterocycles. The molecule has 1 unspecified atom stereocenters. The van der Waals surface area contributed by atoms with Crippen LogP contribution >= 0.6 is 0 Å². The third kappa shape index (κ3) is 6.14. The number of hydrogen-bond donors (Lipinski definition) is 1. The van der Waals surface area contributed by atoms with Crippen molar-refractivity contribution >= 4 is 9.84 Å². The van der Waals surface area contributed by atoms with E-state index in [0.717, 1.165) is 18.5 Å². The van der Waals surface area contributed by atoms with Gasteiger partial charge >= 0.3 is 0 Å². The zero-order valence-electron chi connectivity index (χ0n) is 13.1. The van der Waals surface area contributed by atoms with Gasteiger partial charge in [-0.1, -0.05) is 19.1 Å². The molecule has 0 radical (unpaired) electrons. The van der Waals surface area contributed by atoms with E-state index in [2.05, 4.69) is 12.2 Å². The molecule has 21 heavy (non-hydrogen) atoms. The largest absolute Gasteiger partial charge is 0.316 e. The fourth-order valence-corrected chi connectivity index (χ4v) is 3.23. The SMILES string of the molecule is CCCNCC(CCS(=O)(=O)C(C)C)c1cccc(F)c1.